The van der Waals surface area contributed by atoms with E-state index in [1.807, 2.05) is 6.92 Å². The minimum Gasteiger partial charge on any atom is -0.490 e. The molecule has 0 spiro atoms. The first-order chi connectivity index (χ1) is 8.99. The van der Waals surface area contributed by atoms with E-state index in [1.54, 1.807) is 0 Å². The number of hydrogen-bond donors (Lipinski definition) is 1. The summed E-state index contributed by atoms with van der Waals surface area (Å²) in [6, 6.07) is 3.97. The van der Waals surface area contributed by atoms with E-state index in [0.29, 0.717) is 12.8 Å². The van der Waals surface area contributed by atoms with E-state index in [9.17, 15) is 14.9 Å². The summed E-state index contributed by atoms with van der Waals surface area (Å²) in [5.41, 5.74) is -0.263. The second-order valence-corrected chi connectivity index (χ2v) is 3.82. The number of nitro benzene ring substituents is 1. The molecule has 0 amide bonds. The van der Waals surface area contributed by atoms with Crippen LogP contribution in [0.3, 0.4) is 0 Å². The van der Waals surface area contributed by atoms with Crippen LogP contribution in [0.15, 0.2) is 18.2 Å². The number of carbonyl (C=O) groups is 1. The van der Waals surface area contributed by atoms with Gasteiger partial charge in [-0.3, -0.25) is 10.1 Å². The van der Waals surface area contributed by atoms with Gasteiger partial charge in [0.15, 0.2) is 11.9 Å². The second kappa shape index (κ2) is 6.58. The molecule has 0 fully saturated rings. The highest BCUT2D eigenvalue weighted by molar-refractivity contribution is 5.72. The Balaban J connectivity index is 2.98. The van der Waals surface area contributed by atoms with Crippen molar-refractivity contribution in [3.63, 3.8) is 0 Å². The lowest BCUT2D eigenvalue weighted by Gasteiger charge is -2.14. The average Bonchev–Trinajstić information content (AvgIpc) is 2.37. The molecule has 0 radical (unpaired) electrons. The van der Waals surface area contributed by atoms with Crippen molar-refractivity contribution in [1.29, 1.82) is 0 Å². The number of carboxylic acid groups (broad SMARTS) is 1. The van der Waals surface area contributed by atoms with Crippen LogP contribution in [0.1, 0.15) is 19.8 Å². The van der Waals surface area contributed by atoms with E-state index in [-0.39, 0.29) is 17.2 Å². The van der Waals surface area contributed by atoms with Crippen LogP contribution < -0.4 is 9.47 Å². The number of nitrogens with zero attached hydrogens (tertiary/aromatic N) is 1. The first-order valence-corrected chi connectivity index (χ1v) is 5.71. The largest absolute Gasteiger partial charge is 0.490 e. The third-order valence-electron chi connectivity index (χ3n) is 2.45. The molecule has 1 aromatic rings. The molecule has 19 heavy (non-hydrogen) atoms. The van der Waals surface area contributed by atoms with E-state index in [2.05, 4.69) is 0 Å². The van der Waals surface area contributed by atoms with Gasteiger partial charge in [0, 0.05) is 0 Å². The first kappa shape index (κ1) is 14.7. The molecule has 0 aliphatic heterocycles. The molecule has 104 valence electrons. The van der Waals surface area contributed by atoms with Gasteiger partial charge in [-0.15, -0.1) is 0 Å². The molecule has 1 N–H and O–H groups in total. The topological polar surface area (TPSA) is 98.9 Å². The van der Waals surface area contributed by atoms with Gasteiger partial charge in [-0.05, 0) is 18.6 Å². The van der Waals surface area contributed by atoms with Crippen LogP contribution in [0.2, 0.25) is 0 Å². The molecule has 0 saturated heterocycles. The Kier molecular flexibility index (Phi) is 5.11. The Morgan fingerprint density at radius 3 is 2.68 bits per heavy atom. The van der Waals surface area contributed by atoms with Crippen molar-refractivity contribution in [2.24, 2.45) is 0 Å². The Bertz CT molecular complexity index is 473. The number of benzene rings is 1. The highest BCUT2D eigenvalue weighted by Gasteiger charge is 2.21. The number of ether oxygens (including phenoxy) is 2. The molecule has 1 rings (SSSR count). The van der Waals surface area contributed by atoms with Crippen molar-refractivity contribution in [2.75, 3.05) is 7.11 Å². The molecule has 0 aliphatic carbocycles. The van der Waals surface area contributed by atoms with Crippen molar-refractivity contribution in [3.8, 4) is 11.5 Å². The summed E-state index contributed by atoms with van der Waals surface area (Å²) in [7, 11) is 1.32. The van der Waals surface area contributed by atoms with Crippen LogP contribution in [0, 0.1) is 10.1 Å². The summed E-state index contributed by atoms with van der Waals surface area (Å²) in [4.78, 5) is 21.2. The number of carboxylic acids is 1. The van der Waals surface area contributed by atoms with E-state index >= 15 is 0 Å². The SMILES string of the molecule is CCCC(Oc1ccc(OC)c([N+](=O)[O-])c1)C(=O)O. The molecule has 7 nitrogen and oxygen atoms in total. The van der Waals surface area contributed by atoms with Gasteiger partial charge in [-0.2, -0.15) is 0 Å². The highest BCUT2D eigenvalue weighted by Crippen LogP contribution is 2.31. The molecular weight excluding hydrogens is 254 g/mol. The van der Waals surface area contributed by atoms with Crippen LogP contribution in [0.5, 0.6) is 11.5 Å². The number of hydrogen-bond acceptors (Lipinski definition) is 5. The molecule has 0 heterocycles. The Morgan fingerprint density at radius 1 is 1.53 bits per heavy atom. The predicted molar refractivity (Wildman–Crippen MR) is 66.6 cm³/mol. The van der Waals surface area contributed by atoms with Gasteiger partial charge < -0.3 is 14.6 Å². The van der Waals surface area contributed by atoms with E-state index in [0.717, 1.165) is 6.07 Å². The highest BCUT2D eigenvalue weighted by atomic mass is 16.6. The summed E-state index contributed by atoms with van der Waals surface area (Å²) >= 11 is 0. The number of nitro groups is 1. The summed E-state index contributed by atoms with van der Waals surface area (Å²) in [6.07, 6.45) is -0.0531. The number of aliphatic carboxylic acids is 1. The van der Waals surface area contributed by atoms with E-state index in [4.69, 9.17) is 14.6 Å². The van der Waals surface area contributed by atoms with Crippen LogP contribution in [0.25, 0.3) is 0 Å². The van der Waals surface area contributed by atoms with Gasteiger partial charge in [-0.25, -0.2) is 4.79 Å². The third-order valence-corrected chi connectivity index (χ3v) is 2.45. The molecule has 1 atom stereocenters. The Morgan fingerprint density at radius 2 is 2.21 bits per heavy atom. The molecule has 0 bridgehead atoms. The first-order valence-electron chi connectivity index (χ1n) is 5.71. The minimum atomic E-state index is -1.10. The molecule has 0 aliphatic rings. The standard InChI is InChI=1S/C12H15NO6/c1-3-4-11(12(14)15)19-8-5-6-10(18-2)9(7-8)13(16)17/h5-7,11H,3-4H2,1-2H3,(H,14,15). The van der Waals surface area contributed by atoms with Gasteiger partial charge in [0.05, 0.1) is 18.1 Å². The fourth-order valence-corrected chi connectivity index (χ4v) is 1.55. The van der Waals surface area contributed by atoms with Crippen LogP contribution in [-0.2, 0) is 4.79 Å². The zero-order chi connectivity index (χ0) is 14.4. The lowest BCUT2D eigenvalue weighted by molar-refractivity contribution is -0.385. The zero-order valence-electron chi connectivity index (χ0n) is 10.7. The quantitative estimate of drug-likeness (QED) is 0.602. The Hall–Kier alpha value is -2.31. The summed E-state index contributed by atoms with van der Waals surface area (Å²) in [5, 5.41) is 19.8. The number of methoxy groups -OCH3 is 1. The van der Waals surface area contributed by atoms with Crippen molar-refractivity contribution in [1.82, 2.24) is 0 Å². The molecule has 0 aromatic heterocycles. The van der Waals surface area contributed by atoms with Crippen LogP contribution in [-0.4, -0.2) is 29.2 Å². The maximum atomic E-state index is 11.0. The van der Waals surface area contributed by atoms with Gasteiger partial charge in [0.2, 0.25) is 0 Å². The van der Waals surface area contributed by atoms with Crippen LogP contribution >= 0.6 is 0 Å². The minimum absolute atomic E-state index is 0.0970. The van der Waals surface area contributed by atoms with Gasteiger partial charge in [0.25, 0.3) is 0 Å². The van der Waals surface area contributed by atoms with Crippen molar-refractivity contribution in [2.45, 2.75) is 25.9 Å². The van der Waals surface area contributed by atoms with Crippen molar-refractivity contribution < 1.29 is 24.3 Å². The molecule has 1 aromatic carbocycles. The fourth-order valence-electron chi connectivity index (χ4n) is 1.55. The van der Waals surface area contributed by atoms with Gasteiger partial charge in [0.1, 0.15) is 5.75 Å². The second-order valence-electron chi connectivity index (χ2n) is 3.82. The normalized spacial score (nSPS) is 11.7. The maximum Gasteiger partial charge on any atom is 0.344 e. The maximum absolute atomic E-state index is 11.0. The lowest BCUT2D eigenvalue weighted by atomic mass is 10.2. The molecular formula is C12H15NO6. The summed E-state index contributed by atoms with van der Waals surface area (Å²) in [5.74, 6) is -0.867. The molecule has 7 heteroatoms. The van der Waals surface area contributed by atoms with E-state index < -0.39 is 17.0 Å². The summed E-state index contributed by atoms with van der Waals surface area (Å²) in [6.45, 7) is 1.83. The summed E-state index contributed by atoms with van der Waals surface area (Å²) < 4.78 is 10.1. The molecule has 0 saturated carbocycles. The van der Waals surface area contributed by atoms with E-state index in [1.165, 1.54) is 19.2 Å². The monoisotopic (exact) mass is 269 g/mol. The average molecular weight is 269 g/mol. The molecule has 1 unspecified atom stereocenters. The smallest absolute Gasteiger partial charge is 0.344 e. The fraction of sp³-hybridized carbons (Fsp3) is 0.417. The van der Waals surface area contributed by atoms with Crippen molar-refractivity contribution >= 4 is 11.7 Å². The van der Waals surface area contributed by atoms with Gasteiger partial charge in [-0.1, -0.05) is 13.3 Å². The third kappa shape index (κ3) is 3.84. The lowest BCUT2D eigenvalue weighted by Crippen LogP contribution is -2.26. The van der Waals surface area contributed by atoms with Crippen LogP contribution in [0.4, 0.5) is 5.69 Å². The zero-order valence-corrected chi connectivity index (χ0v) is 10.7. The predicted octanol–water partition coefficient (Wildman–Crippen LogP) is 2.24. The van der Waals surface area contributed by atoms with Crippen molar-refractivity contribution in [3.05, 3.63) is 28.3 Å². The number of rotatable bonds is 7. The van der Waals surface area contributed by atoms with Gasteiger partial charge >= 0.3 is 11.7 Å². The Labute approximate surface area is 109 Å².